The van der Waals surface area contributed by atoms with Crippen LogP contribution in [-0.2, 0) is 9.53 Å². The Balaban J connectivity index is 2.08. The summed E-state index contributed by atoms with van der Waals surface area (Å²) < 4.78 is 6.59. The van der Waals surface area contributed by atoms with E-state index in [1.165, 1.54) is 0 Å². The average Bonchev–Trinajstić information content (AvgIpc) is 3.06. The van der Waals surface area contributed by atoms with Crippen LogP contribution in [0.2, 0.25) is 0 Å². The highest BCUT2D eigenvalue weighted by atomic mass is 16.5. The van der Waals surface area contributed by atoms with Gasteiger partial charge in [-0.1, -0.05) is 42.5 Å². The van der Waals surface area contributed by atoms with Crippen molar-refractivity contribution >= 4 is 11.9 Å². The maximum Gasteiger partial charge on any atom is 0.342 e. The fourth-order valence-corrected chi connectivity index (χ4v) is 2.49. The van der Waals surface area contributed by atoms with Crippen LogP contribution in [0.25, 0.3) is 16.9 Å². The average molecular weight is 335 g/mol. The van der Waals surface area contributed by atoms with Gasteiger partial charge in [0.2, 0.25) is 0 Å². The summed E-state index contributed by atoms with van der Waals surface area (Å²) in [7, 11) is 0. The topological polar surface area (TPSA) is 87.2 Å². The molecule has 2 aromatic carbocycles. The number of amides is 1. The van der Waals surface area contributed by atoms with E-state index >= 15 is 0 Å². The van der Waals surface area contributed by atoms with E-state index in [4.69, 9.17) is 10.5 Å². The smallest absolute Gasteiger partial charge is 0.342 e. The van der Waals surface area contributed by atoms with Crippen LogP contribution >= 0.6 is 0 Å². The van der Waals surface area contributed by atoms with Gasteiger partial charge in [-0.15, -0.1) is 0 Å². The van der Waals surface area contributed by atoms with Crippen molar-refractivity contribution in [3.8, 4) is 16.9 Å². The standard InChI is InChI=1S/C19H17N3O3/c1-13-7-5-6-10-15(13)18-16(19(24)25-12-17(20)23)11-22(21-18)14-8-3-2-4-9-14/h2-11H,12H2,1H3,(H2,20,23). The molecule has 0 radical (unpaired) electrons. The molecule has 0 spiro atoms. The van der Waals surface area contributed by atoms with Gasteiger partial charge in [0.15, 0.2) is 6.61 Å². The number of carbonyl (C=O) groups excluding carboxylic acids is 2. The first kappa shape index (κ1) is 16.4. The van der Waals surface area contributed by atoms with Crippen molar-refractivity contribution in [2.24, 2.45) is 5.73 Å². The molecule has 0 fully saturated rings. The number of aryl methyl sites for hydroxylation is 1. The Kier molecular flexibility index (Phi) is 4.61. The van der Waals surface area contributed by atoms with Crippen molar-refractivity contribution in [1.29, 1.82) is 0 Å². The number of ether oxygens (including phenoxy) is 1. The number of para-hydroxylation sites is 1. The van der Waals surface area contributed by atoms with Gasteiger partial charge in [0, 0.05) is 11.8 Å². The van der Waals surface area contributed by atoms with Crippen LogP contribution in [-0.4, -0.2) is 28.3 Å². The highest BCUT2D eigenvalue weighted by Gasteiger charge is 2.21. The van der Waals surface area contributed by atoms with E-state index in [0.717, 1.165) is 16.8 Å². The second-order valence-electron chi connectivity index (χ2n) is 5.53. The zero-order chi connectivity index (χ0) is 17.8. The largest absolute Gasteiger partial charge is 0.452 e. The molecule has 0 unspecified atom stereocenters. The molecule has 0 aliphatic carbocycles. The van der Waals surface area contributed by atoms with Gasteiger partial charge in [0.05, 0.1) is 5.69 Å². The van der Waals surface area contributed by atoms with Crippen molar-refractivity contribution in [3.63, 3.8) is 0 Å². The number of hydrogen-bond donors (Lipinski definition) is 1. The molecule has 0 bridgehead atoms. The maximum atomic E-state index is 12.4. The lowest BCUT2D eigenvalue weighted by atomic mass is 10.0. The Labute approximate surface area is 144 Å². The monoisotopic (exact) mass is 335 g/mol. The lowest BCUT2D eigenvalue weighted by Crippen LogP contribution is -2.21. The molecule has 3 aromatic rings. The maximum absolute atomic E-state index is 12.4. The third-order valence-corrected chi connectivity index (χ3v) is 3.70. The van der Waals surface area contributed by atoms with Crippen molar-refractivity contribution < 1.29 is 14.3 Å². The molecule has 1 aromatic heterocycles. The molecule has 1 amide bonds. The van der Waals surface area contributed by atoms with Gasteiger partial charge >= 0.3 is 5.97 Å². The summed E-state index contributed by atoms with van der Waals surface area (Å²) in [6, 6.07) is 17.1. The van der Waals surface area contributed by atoms with Crippen LogP contribution < -0.4 is 5.73 Å². The Bertz CT molecular complexity index is 917. The number of primary amides is 1. The Morgan fingerprint density at radius 3 is 2.44 bits per heavy atom. The van der Waals surface area contributed by atoms with Crippen molar-refractivity contribution in [3.05, 3.63) is 71.9 Å². The number of aromatic nitrogens is 2. The van der Waals surface area contributed by atoms with E-state index < -0.39 is 18.5 Å². The first-order chi connectivity index (χ1) is 12.1. The van der Waals surface area contributed by atoms with Crippen LogP contribution in [0.5, 0.6) is 0 Å². The summed E-state index contributed by atoms with van der Waals surface area (Å²) in [5.74, 6) is -1.35. The van der Waals surface area contributed by atoms with Gasteiger partial charge in [0.1, 0.15) is 11.3 Å². The zero-order valence-electron chi connectivity index (χ0n) is 13.7. The molecular formula is C19H17N3O3. The van der Waals surface area contributed by atoms with Gasteiger partial charge in [-0.3, -0.25) is 4.79 Å². The quantitative estimate of drug-likeness (QED) is 0.726. The van der Waals surface area contributed by atoms with Gasteiger partial charge in [0.25, 0.3) is 5.91 Å². The molecule has 0 aliphatic rings. The number of hydrogen-bond acceptors (Lipinski definition) is 4. The number of benzene rings is 2. The highest BCUT2D eigenvalue weighted by molar-refractivity contribution is 5.97. The molecule has 6 heteroatoms. The number of nitrogens with two attached hydrogens (primary N) is 1. The van der Waals surface area contributed by atoms with Crippen LogP contribution in [0.1, 0.15) is 15.9 Å². The lowest BCUT2D eigenvalue weighted by molar-refractivity contribution is -0.121. The minimum atomic E-state index is -0.707. The third kappa shape index (κ3) is 3.58. The minimum absolute atomic E-state index is 0.277. The molecule has 0 saturated carbocycles. The second-order valence-corrected chi connectivity index (χ2v) is 5.53. The summed E-state index contributed by atoms with van der Waals surface area (Å²) >= 11 is 0. The van der Waals surface area contributed by atoms with Gasteiger partial charge < -0.3 is 10.5 Å². The normalized spacial score (nSPS) is 10.4. The fourth-order valence-electron chi connectivity index (χ4n) is 2.49. The van der Waals surface area contributed by atoms with Gasteiger partial charge in [-0.05, 0) is 24.6 Å². The minimum Gasteiger partial charge on any atom is -0.452 e. The SMILES string of the molecule is Cc1ccccc1-c1nn(-c2ccccc2)cc1C(=O)OCC(N)=O. The Hall–Kier alpha value is -3.41. The van der Waals surface area contributed by atoms with Crippen molar-refractivity contribution in [2.75, 3.05) is 6.61 Å². The summed E-state index contributed by atoms with van der Waals surface area (Å²) in [5.41, 5.74) is 8.44. The second kappa shape index (κ2) is 7.00. The molecular weight excluding hydrogens is 318 g/mol. The van der Waals surface area contributed by atoms with Crippen molar-refractivity contribution in [2.45, 2.75) is 6.92 Å². The highest BCUT2D eigenvalue weighted by Crippen LogP contribution is 2.27. The van der Waals surface area contributed by atoms with E-state index in [1.54, 1.807) is 10.9 Å². The summed E-state index contributed by atoms with van der Waals surface area (Å²) in [4.78, 5) is 23.3. The van der Waals surface area contributed by atoms with Crippen molar-refractivity contribution in [1.82, 2.24) is 9.78 Å². The molecule has 3 rings (SSSR count). The van der Waals surface area contributed by atoms with E-state index in [2.05, 4.69) is 5.10 Å². The number of nitrogens with zero attached hydrogens (tertiary/aromatic N) is 2. The summed E-state index contributed by atoms with van der Waals surface area (Å²) in [6.45, 7) is 1.47. The predicted octanol–water partition coefficient (Wildman–Crippen LogP) is 2.49. The molecule has 0 aliphatic heterocycles. The van der Waals surface area contributed by atoms with E-state index in [0.29, 0.717) is 5.69 Å². The Morgan fingerprint density at radius 1 is 1.08 bits per heavy atom. The molecule has 0 atom stereocenters. The number of esters is 1. The first-order valence-electron chi connectivity index (χ1n) is 7.73. The van der Waals surface area contributed by atoms with E-state index in [1.807, 2.05) is 61.5 Å². The molecule has 1 heterocycles. The van der Waals surface area contributed by atoms with E-state index in [9.17, 15) is 9.59 Å². The first-order valence-corrected chi connectivity index (χ1v) is 7.73. The number of rotatable bonds is 5. The van der Waals surface area contributed by atoms with Crippen LogP contribution in [0.3, 0.4) is 0 Å². The van der Waals surface area contributed by atoms with Gasteiger partial charge in [-0.2, -0.15) is 5.10 Å². The van der Waals surface area contributed by atoms with E-state index in [-0.39, 0.29) is 5.56 Å². The van der Waals surface area contributed by atoms with Gasteiger partial charge in [-0.25, -0.2) is 9.48 Å². The Morgan fingerprint density at radius 2 is 1.76 bits per heavy atom. The van der Waals surface area contributed by atoms with Crippen LogP contribution in [0.15, 0.2) is 60.8 Å². The predicted molar refractivity (Wildman–Crippen MR) is 93.2 cm³/mol. The molecule has 0 saturated heterocycles. The fraction of sp³-hybridized carbons (Fsp3) is 0.105. The molecule has 2 N–H and O–H groups in total. The number of carbonyl (C=O) groups is 2. The van der Waals surface area contributed by atoms with Crippen LogP contribution in [0, 0.1) is 6.92 Å². The third-order valence-electron chi connectivity index (χ3n) is 3.70. The summed E-state index contributed by atoms with van der Waals surface area (Å²) in [6.07, 6.45) is 1.60. The summed E-state index contributed by atoms with van der Waals surface area (Å²) in [5, 5.41) is 4.56. The van der Waals surface area contributed by atoms with Crippen LogP contribution in [0.4, 0.5) is 0 Å². The molecule has 6 nitrogen and oxygen atoms in total. The molecule has 126 valence electrons. The zero-order valence-corrected chi connectivity index (χ0v) is 13.7. The molecule has 25 heavy (non-hydrogen) atoms. The lowest BCUT2D eigenvalue weighted by Gasteiger charge is -2.05.